The number of hydrogen-bond acceptors (Lipinski definition) is 2. The summed E-state index contributed by atoms with van der Waals surface area (Å²) in [6, 6.07) is 0. The number of hydrogen-bond donors (Lipinski definition) is 1. The first-order chi connectivity index (χ1) is 4.34. The lowest BCUT2D eigenvalue weighted by atomic mass is 10.1. The summed E-state index contributed by atoms with van der Waals surface area (Å²) in [5, 5.41) is 2.94. The Labute approximate surface area is 54.4 Å². The molecule has 1 heterocycles. The highest BCUT2D eigenvalue weighted by Gasteiger charge is 2.23. The highest BCUT2D eigenvalue weighted by atomic mass is 19.1. The van der Waals surface area contributed by atoms with Crippen molar-refractivity contribution in [1.82, 2.24) is 5.32 Å². The quantitative estimate of drug-likeness (QED) is 0.556. The highest BCUT2D eigenvalue weighted by Crippen LogP contribution is 2.09. The summed E-state index contributed by atoms with van der Waals surface area (Å²) >= 11 is 0. The maximum Gasteiger partial charge on any atom is 0.139 e. The Morgan fingerprint density at radius 2 is 2.44 bits per heavy atom. The molecular formula is C6H12FNO. The van der Waals surface area contributed by atoms with Crippen molar-refractivity contribution < 1.29 is 9.13 Å². The van der Waals surface area contributed by atoms with Crippen LogP contribution in [0.5, 0.6) is 0 Å². The van der Waals surface area contributed by atoms with Crippen molar-refractivity contribution in [1.29, 1.82) is 0 Å². The van der Waals surface area contributed by atoms with E-state index in [1.165, 1.54) is 0 Å². The summed E-state index contributed by atoms with van der Waals surface area (Å²) in [6.07, 6.45) is -0.201. The number of methoxy groups -OCH3 is 1. The lowest BCUT2D eigenvalue weighted by molar-refractivity contribution is 0.0132. The molecule has 1 N–H and O–H groups in total. The number of nitrogens with one attached hydrogen (secondary N) is 1. The number of piperidine rings is 1. The second kappa shape index (κ2) is 3.13. The van der Waals surface area contributed by atoms with Crippen LogP contribution in [0.2, 0.25) is 0 Å². The summed E-state index contributed by atoms with van der Waals surface area (Å²) < 4.78 is 17.5. The molecule has 2 atom stereocenters. The van der Waals surface area contributed by atoms with Gasteiger partial charge in [-0.15, -0.1) is 0 Å². The maximum absolute atomic E-state index is 12.7. The van der Waals surface area contributed by atoms with Crippen LogP contribution < -0.4 is 5.32 Å². The fourth-order valence-corrected chi connectivity index (χ4v) is 1.06. The zero-order chi connectivity index (χ0) is 6.69. The number of halogens is 1. The van der Waals surface area contributed by atoms with Gasteiger partial charge in [-0.25, -0.2) is 4.39 Å². The van der Waals surface area contributed by atoms with E-state index in [1.54, 1.807) is 7.11 Å². The minimum absolute atomic E-state index is 0.175. The monoisotopic (exact) mass is 133 g/mol. The van der Waals surface area contributed by atoms with E-state index in [9.17, 15) is 4.39 Å². The van der Waals surface area contributed by atoms with Gasteiger partial charge in [-0.05, 0) is 13.0 Å². The maximum atomic E-state index is 12.7. The minimum atomic E-state index is -0.816. The molecule has 0 aromatic heterocycles. The molecule has 0 radical (unpaired) electrons. The van der Waals surface area contributed by atoms with Gasteiger partial charge in [-0.1, -0.05) is 0 Å². The first kappa shape index (κ1) is 6.96. The van der Waals surface area contributed by atoms with Crippen molar-refractivity contribution in [2.75, 3.05) is 20.2 Å². The van der Waals surface area contributed by atoms with Gasteiger partial charge in [0.1, 0.15) is 6.17 Å². The molecule has 1 saturated heterocycles. The number of ether oxygens (including phenoxy) is 1. The van der Waals surface area contributed by atoms with Crippen LogP contribution in [0, 0.1) is 0 Å². The van der Waals surface area contributed by atoms with Gasteiger partial charge < -0.3 is 10.1 Å². The van der Waals surface area contributed by atoms with Gasteiger partial charge in [-0.2, -0.15) is 0 Å². The average Bonchev–Trinajstić information content (AvgIpc) is 1.89. The third kappa shape index (κ3) is 1.63. The molecular weight excluding hydrogens is 121 g/mol. The van der Waals surface area contributed by atoms with Crippen molar-refractivity contribution >= 4 is 0 Å². The van der Waals surface area contributed by atoms with Crippen molar-refractivity contribution in [3.63, 3.8) is 0 Å². The van der Waals surface area contributed by atoms with Crippen LogP contribution in [0.3, 0.4) is 0 Å². The molecule has 0 aliphatic carbocycles. The second-order valence-electron chi connectivity index (χ2n) is 2.28. The lowest BCUT2D eigenvalue weighted by Gasteiger charge is -2.24. The topological polar surface area (TPSA) is 21.3 Å². The van der Waals surface area contributed by atoms with Crippen molar-refractivity contribution in [3.8, 4) is 0 Å². The molecule has 0 aromatic rings. The summed E-state index contributed by atoms with van der Waals surface area (Å²) in [6.45, 7) is 1.32. The lowest BCUT2D eigenvalue weighted by Crippen LogP contribution is -2.42. The van der Waals surface area contributed by atoms with Crippen LogP contribution in [0.25, 0.3) is 0 Å². The molecule has 1 aliphatic heterocycles. The fraction of sp³-hybridized carbons (Fsp3) is 1.00. The van der Waals surface area contributed by atoms with Crippen LogP contribution in [0.15, 0.2) is 0 Å². The predicted octanol–water partition coefficient (Wildman–Crippen LogP) is 0.333. The summed E-state index contributed by atoms with van der Waals surface area (Å²) in [5.74, 6) is 0. The van der Waals surface area contributed by atoms with Crippen LogP contribution in [0.4, 0.5) is 4.39 Å². The Morgan fingerprint density at radius 1 is 1.67 bits per heavy atom. The molecule has 3 heteroatoms. The predicted molar refractivity (Wildman–Crippen MR) is 33.2 cm³/mol. The van der Waals surface area contributed by atoms with Crippen LogP contribution in [-0.4, -0.2) is 32.5 Å². The molecule has 2 nitrogen and oxygen atoms in total. The average molecular weight is 133 g/mol. The number of rotatable bonds is 1. The molecule has 0 bridgehead atoms. The van der Waals surface area contributed by atoms with E-state index in [0.29, 0.717) is 6.54 Å². The molecule has 0 aromatic carbocycles. The van der Waals surface area contributed by atoms with E-state index in [-0.39, 0.29) is 6.10 Å². The molecule has 1 fully saturated rings. The Bertz CT molecular complexity index is 89.1. The molecule has 9 heavy (non-hydrogen) atoms. The molecule has 54 valence electrons. The Morgan fingerprint density at radius 3 is 2.89 bits per heavy atom. The zero-order valence-electron chi connectivity index (χ0n) is 5.56. The molecule has 0 spiro atoms. The smallest absolute Gasteiger partial charge is 0.139 e. The van der Waals surface area contributed by atoms with Crippen molar-refractivity contribution in [2.24, 2.45) is 0 Å². The highest BCUT2D eigenvalue weighted by molar-refractivity contribution is 4.77. The summed E-state index contributed by atoms with van der Waals surface area (Å²) in [7, 11) is 1.56. The zero-order valence-corrected chi connectivity index (χ0v) is 5.56. The summed E-state index contributed by atoms with van der Waals surface area (Å²) in [4.78, 5) is 0. The normalized spacial score (nSPS) is 36.7. The van der Waals surface area contributed by atoms with E-state index >= 15 is 0 Å². The third-order valence-corrected chi connectivity index (χ3v) is 1.65. The molecule has 1 aliphatic rings. The van der Waals surface area contributed by atoms with Gasteiger partial charge in [0.25, 0.3) is 0 Å². The Balaban J connectivity index is 2.30. The van der Waals surface area contributed by atoms with Crippen molar-refractivity contribution in [2.45, 2.75) is 18.7 Å². The Kier molecular flexibility index (Phi) is 2.42. The molecule has 0 saturated carbocycles. The SMILES string of the molecule is CO[C@@H]1CCNC[C@H]1F. The van der Waals surface area contributed by atoms with Gasteiger partial charge in [0.2, 0.25) is 0 Å². The standard InChI is InChI=1S/C6H12FNO/c1-9-6-2-3-8-4-5(6)7/h5-6,8H,2-4H2,1H3/t5-,6-/m1/s1. The fourth-order valence-electron chi connectivity index (χ4n) is 1.06. The van der Waals surface area contributed by atoms with Crippen molar-refractivity contribution in [3.05, 3.63) is 0 Å². The largest absolute Gasteiger partial charge is 0.378 e. The van der Waals surface area contributed by atoms with Crippen LogP contribution >= 0.6 is 0 Å². The summed E-state index contributed by atoms with van der Waals surface area (Å²) in [5.41, 5.74) is 0. The van der Waals surface area contributed by atoms with Crippen LogP contribution in [0.1, 0.15) is 6.42 Å². The first-order valence-corrected chi connectivity index (χ1v) is 3.22. The second-order valence-corrected chi connectivity index (χ2v) is 2.28. The minimum Gasteiger partial charge on any atom is -0.378 e. The molecule has 0 unspecified atom stereocenters. The van der Waals surface area contributed by atoms with Gasteiger partial charge in [0.15, 0.2) is 0 Å². The van der Waals surface area contributed by atoms with E-state index in [0.717, 1.165) is 13.0 Å². The molecule has 1 rings (SSSR count). The number of alkyl halides is 1. The van der Waals surface area contributed by atoms with E-state index in [2.05, 4.69) is 5.32 Å². The van der Waals surface area contributed by atoms with Gasteiger partial charge in [0.05, 0.1) is 6.10 Å². The van der Waals surface area contributed by atoms with Crippen LogP contribution in [-0.2, 0) is 4.74 Å². The molecule has 0 amide bonds. The Hall–Kier alpha value is -0.150. The van der Waals surface area contributed by atoms with E-state index in [1.807, 2.05) is 0 Å². The van der Waals surface area contributed by atoms with E-state index < -0.39 is 6.17 Å². The van der Waals surface area contributed by atoms with E-state index in [4.69, 9.17) is 4.74 Å². The third-order valence-electron chi connectivity index (χ3n) is 1.65. The van der Waals surface area contributed by atoms with Gasteiger partial charge in [-0.3, -0.25) is 0 Å². The first-order valence-electron chi connectivity index (χ1n) is 3.22. The van der Waals surface area contributed by atoms with Gasteiger partial charge in [0, 0.05) is 13.7 Å². The van der Waals surface area contributed by atoms with Gasteiger partial charge >= 0.3 is 0 Å².